The maximum Gasteiger partial charge on any atom is 0.414 e. The van der Waals surface area contributed by atoms with E-state index in [0.29, 0.717) is 0 Å². The first-order chi connectivity index (χ1) is 11.6. The van der Waals surface area contributed by atoms with Gasteiger partial charge in [0.25, 0.3) is 0 Å². The van der Waals surface area contributed by atoms with E-state index in [4.69, 9.17) is 16.7 Å². The summed E-state index contributed by atoms with van der Waals surface area (Å²) in [5, 5.41) is 18.4. The second-order valence-corrected chi connectivity index (χ2v) is 5.72. The summed E-state index contributed by atoms with van der Waals surface area (Å²) in [5.41, 5.74) is -0.231. The zero-order valence-corrected chi connectivity index (χ0v) is 13.2. The van der Waals surface area contributed by atoms with Crippen LogP contribution in [0.5, 0.6) is 0 Å². The van der Waals surface area contributed by atoms with Crippen LogP contribution in [0.1, 0.15) is 27.5 Å². The van der Waals surface area contributed by atoms with Crippen molar-refractivity contribution in [3.05, 3.63) is 64.2 Å². The van der Waals surface area contributed by atoms with Crippen LogP contribution in [0, 0.1) is 5.82 Å². The van der Waals surface area contributed by atoms with Crippen molar-refractivity contribution in [3.8, 4) is 0 Å². The van der Waals surface area contributed by atoms with E-state index < -0.39 is 30.0 Å². The first kappa shape index (κ1) is 19.1. The summed E-state index contributed by atoms with van der Waals surface area (Å²) in [4.78, 5) is 14.5. The summed E-state index contributed by atoms with van der Waals surface area (Å²) < 4.78 is 52.3. The molecule has 1 aromatic heterocycles. The lowest BCUT2D eigenvalue weighted by Crippen LogP contribution is -2.36. The zero-order valence-electron chi connectivity index (χ0n) is 12.5. The molecule has 0 saturated carbocycles. The molecule has 2 rings (SSSR count). The maximum atomic E-state index is 13.2. The van der Waals surface area contributed by atoms with Crippen molar-refractivity contribution in [2.24, 2.45) is 0 Å². The topological polar surface area (TPSA) is 70.4 Å². The fraction of sp³-hybridized carbons (Fsp3) is 0.250. The molecule has 0 amide bonds. The van der Waals surface area contributed by atoms with Crippen molar-refractivity contribution >= 4 is 17.6 Å². The lowest BCUT2D eigenvalue weighted by molar-refractivity contribution is -0.210. The number of aliphatic hydroxyl groups excluding tert-OH is 1. The third-order valence-corrected chi connectivity index (χ3v) is 3.90. The van der Waals surface area contributed by atoms with Crippen LogP contribution in [-0.4, -0.2) is 33.4 Å². The number of aromatic nitrogens is 1. The molecule has 2 aromatic rings. The van der Waals surface area contributed by atoms with E-state index in [1.165, 1.54) is 6.07 Å². The van der Waals surface area contributed by atoms with Gasteiger partial charge in [0.15, 0.2) is 6.10 Å². The highest BCUT2D eigenvalue weighted by atomic mass is 35.5. The van der Waals surface area contributed by atoms with E-state index in [1.54, 1.807) is 0 Å². The summed E-state index contributed by atoms with van der Waals surface area (Å²) in [5.74, 6) is -3.61. The molecule has 0 saturated heterocycles. The molecular weight excluding hydrogens is 366 g/mol. The number of aliphatic hydroxyl groups is 1. The molecular formula is C16H12ClF4NO3. The van der Waals surface area contributed by atoms with Crippen molar-refractivity contribution in [1.82, 2.24) is 4.98 Å². The average molecular weight is 378 g/mol. The largest absolute Gasteiger partial charge is 0.477 e. The van der Waals surface area contributed by atoms with Gasteiger partial charge in [-0.3, -0.25) is 0 Å². The fourth-order valence-corrected chi connectivity index (χ4v) is 2.70. The van der Waals surface area contributed by atoms with E-state index in [9.17, 15) is 27.5 Å². The highest BCUT2D eigenvalue weighted by molar-refractivity contribution is 6.31. The summed E-state index contributed by atoms with van der Waals surface area (Å²) in [7, 11) is 0. The monoisotopic (exact) mass is 377 g/mol. The van der Waals surface area contributed by atoms with Crippen LogP contribution in [0.2, 0.25) is 5.02 Å². The molecule has 25 heavy (non-hydrogen) atoms. The Balaban J connectivity index is 2.45. The Hall–Kier alpha value is -2.19. The Morgan fingerprint density at radius 3 is 2.48 bits per heavy atom. The van der Waals surface area contributed by atoms with Crippen LogP contribution in [0.3, 0.4) is 0 Å². The van der Waals surface area contributed by atoms with Gasteiger partial charge in [0.1, 0.15) is 11.5 Å². The normalized spacial score (nSPS) is 14.2. The van der Waals surface area contributed by atoms with Gasteiger partial charge >= 0.3 is 12.1 Å². The number of nitrogens with zero attached hydrogens (tertiary/aromatic N) is 1. The first-order valence-corrected chi connectivity index (χ1v) is 7.35. The number of rotatable bonds is 5. The van der Waals surface area contributed by atoms with Crippen LogP contribution in [0.4, 0.5) is 17.6 Å². The Labute approximate surface area is 144 Å². The van der Waals surface area contributed by atoms with Crippen LogP contribution in [-0.2, 0) is 6.42 Å². The molecule has 0 spiro atoms. The van der Waals surface area contributed by atoms with E-state index in [2.05, 4.69) is 4.98 Å². The summed E-state index contributed by atoms with van der Waals surface area (Å²) in [6.45, 7) is 0. The van der Waals surface area contributed by atoms with E-state index in [0.717, 1.165) is 30.5 Å². The molecule has 0 aliphatic heterocycles. The average Bonchev–Trinajstić information content (AvgIpc) is 2.52. The SMILES string of the molecule is O=C(O)c1cc(CC(c2ccc(F)cc2Cl)C(O)C(F)(F)F)ccn1. The minimum atomic E-state index is -4.94. The number of carboxylic acids is 1. The maximum absolute atomic E-state index is 13.2. The minimum absolute atomic E-state index is 0.0958. The van der Waals surface area contributed by atoms with Crippen LogP contribution in [0.25, 0.3) is 0 Å². The first-order valence-electron chi connectivity index (χ1n) is 6.97. The number of benzene rings is 1. The standard InChI is InChI=1S/C16H12ClF4NO3/c17-12-7-9(18)1-2-10(12)11(14(23)16(19,20)21)5-8-3-4-22-13(6-8)15(24)25/h1-4,6-7,11,14,23H,5H2,(H,24,25). The summed E-state index contributed by atoms with van der Waals surface area (Å²) in [6, 6.07) is 5.29. The molecule has 2 unspecified atom stereocenters. The third-order valence-electron chi connectivity index (χ3n) is 3.58. The third kappa shape index (κ3) is 4.67. The molecule has 1 aromatic carbocycles. The quantitative estimate of drug-likeness (QED) is 0.777. The Morgan fingerprint density at radius 2 is 1.92 bits per heavy atom. The van der Waals surface area contributed by atoms with Gasteiger partial charge in [0.2, 0.25) is 0 Å². The Bertz CT molecular complexity index is 782. The van der Waals surface area contributed by atoms with E-state index >= 15 is 0 Å². The molecule has 0 radical (unpaired) electrons. The number of hydrogen-bond acceptors (Lipinski definition) is 3. The molecule has 1 heterocycles. The molecule has 4 nitrogen and oxygen atoms in total. The summed E-state index contributed by atoms with van der Waals surface area (Å²) >= 11 is 5.84. The second kappa shape index (κ2) is 7.37. The summed E-state index contributed by atoms with van der Waals surface area (Å²) in [6.07, 6.45) is -6.93. The van der Waals surface area contributed by atoms with Crippen LogP contribution >= 0.6 is 11.6 Å². The molecule has 0 bridgehead atoms. The van der Waals surface area contributed by atoms with Gasteiger partial charge in [0.05, 0.1) is 0 Å². The number of carboxylic acid groups (broad SMARTS) is 1. The van der Waals surface area contributed by atoms with Crippen molar-refractivity contribution < 1.29 is 32.6 Å². The molecule has 134 valence electrons. The number of hydrogen-bond donors (Lipinski definition) is 2. The molecule has 0 fully saturated rings. The zero-order chi connectivity index (χ0) is 18.8. The fourth-order valence-electron chi connectivity index (χ4n) is 2.39. The van der Waals surface area contributed by atoms with Gasteiger partial charge in [-0.15, -0.1) is 0 Å². The molecule has 9 heteroatoms. The highest BCUT2D eigenvalue weighted by Gasteiger charge is 2.44. The van der Waals surface area contributed by atoms with Gasteiger partial charge in [-0.25, -0.2) is 14.2 Å². The number of aromatic carboxylic acids is 1. The predicted molar refractivity (Wildman–Crippen MR) is 81.1 cm³/mol. The Morgan fingerprint density at radius 1 is 1.24 bits per heavy atom. The van der Waals surface area contributed by atoms with Gasteiger partial charge in [-0.1, -0.05) is 17.7 Å². The number of carbonyl (C=O) groups is 1. The molecule has 0 aliphatic carbocycles. The minimum Gasteiger partial charge on any atom is -0.477 e. The number of halogens is 5. The number of alkyl halides is 3. The second-order valence-electron chi connectivity index (χ2n) is 5.32. The molecule has 2 N–H and O–H groups in total. The van der Waals surface area contributed by atoms with Crippen molar-refractivity contribution in [2.45, 2.75) is 24.6 Å². The smallest absolute Gasteiger partial charge is 0.414 e. The van der Waals surface area contributed by atoms with Gasteiger partial charge < -0.3 is 10.2 Å². The lowest BCUT2D eigenvalue weighted by Gasteiger charge is -2.26. The van der Waals surface area contributed by atoms with Gasteiger partial charge in [-0.2, -0.15) is 13.2 Å². The van der Waals surface area contributed by atoms with Crippen molar-refractivity contribution in [3.63, 3.8) is 0 Å². The molecule has 0 aliphatic rings. The van der Waals surface area contributed by atoms with Crippen LogP contribution < -0.4 is 0 Å². The van der Waals surface area contributed by atoms with E-state index in [-0.39, 0.29) is 28.3 Å². The van der Waals surface area contributed by atoms with Gasteiger partial charge in [0, 0.05) is 17.1 Å². The van der Waals surface area contributed by atoms with Crippen molar-refractivity contribution in [2.75, 3.05) is 0 Å². The van der Waals surface area contributed by atoms with Crippen molar-refractivity contribution in [1.29, 1.82) is 0 Å². The highest BCUT2D eigenvalue weighted by Crippen LogP contribution is 2.37. The predicted octanol–water partition coefficient (Wildman–Crippen LogP) is 3.82. The Kier molecular flexibility index (Phi) is 5.64. The number of pyridine rings is 1. The van der Waals surface area contributed by atoms with Gasteiger partial charge in [-0.05, 0) is 41.8 Å². The lowest BCUT2D eigenvalue weighted by atomic mass is 9.87. The molecule has 2 atom stereocenters. The van der Waals surface area contributed by atoms with E-state index in [1.807, 2.05) is 0 Å². The van der Waals surface area contributed by atoms with Crippen LogP contribution in [0.15, 0.2) is 36.5 Å².